The lowest BCUT2D eigenvalue weighted by Gasteiger charge is -2.26. The van der Waals surface area contributed by atoms with E-state index in [1.54, 1.807) is 12.1 Å². The molecule has 0 aliphatic heterocycles. The van der Waals surface area contributed by atoms with Crippen molar-refractivity contribution in [2.75, 3.05) is 20.1 Å². The topological polar surface area (TPSA) is 29.3 Å². The molecule has 0 amide bonds. The van der Waals surface area contributed by atoms with E-state index in [0.29, 0.717) is 12.1 Å². The molecule has 1 aromatic carbocycles. The number of rotatable bonds is 4. The minimum atomic E-state index is -0.178. The predicted octanol–water partition coefficient (Wildman–Crippen LogP) is 1.78. The van der Waals surface area contributed by atoms with Crippen LogP contribution in [-0.2, 0) is 0 Å². The summed E-state index contributed by atoms with van der Waals surface area (Å²) in [6.45, 7) is 3.32. The first kappa shape index (κ1) is 11.1. The summed E-state index contributed by atoms with van der Waals surface area (Å²) in [6, 6.07) is 6.77. The van der Waals surface area contributed by atoms with E-state index in [0.717, 1.165) is 6.54 Å². The second-order valence-electron chi connectivity index (χ2n) is 3.35. The van der Waals surface area contributed by atoms with Crippen molar-refractivity contribution < 1.29 is 4.39 Å². The van der Waals surface area contributed by atoms with Crippen molar-refractivity contribution in [1.82, 2.24) is 4.90 Å². The second kappa shape index (κ2) is 5.08. The van der Waals surface area contributed by atoms with E-state index in [2.05, 4.69) is 0 Å². The Morgan fingerprint density at radius 2 is 2.07 bits per heavy atom. The third kappa shape index (κ3) is 2.30. The second-order valence-corrected chi connectivity index (χ2v) is 3.35. The van der Waals surface area contributed by atoms with E-state index in [-0.39, 0.29) is 11.9 Å². The highest BCUT2D eigenvalue weighted by atomic mass is 19.1. The fourth-order valence-corrected chi connectivity index (χ4v) is 1.51. The molecule has 0 saturated heterocycles. The molecule has 3 heteroatoms. The van der Waals surface area contributed by atoms with Crippen molar-refractivity contribution in [3.63, 3.8) is 0 Å². The minimum Gasteiger partial charge on any atom is -0.329 e. The molecule has 0 fully saturated rings. The monoisotopic (exact) mass is 196 g/mol. The summed E-state index contributed by atoms with van der Waals surface area (Å²) in [5, 5.41) is 0. The Kier molecular flexibility index (Phi) is 4.04. The van der Waals surface area contributed by atoms with E-state index in [1.165, 1.54) is 6.07 Å². The van der Waals surface area contributed by atoms with Gasteiger partial charge in [-0.25, -0.2) is 4.39 Å². The van der Waals surface area contributed by atoms with Gasteiger partial charge in [0.25, 0.3) is 0 Å². The molecule has 2 nitrogen and oxygen atoms in total. The normalized spacial score (nSPS) is 13.2. The maximum absolute atomic E-state index is 13.4. The summed E-state index contributed by atoms with van der Waals surface area (Å²) in [4.78, 5) is 2.04. The first-order valence-electron chi connectivity index (χ1n) is 4.85. The SMILES string of the molecule is CCN(C)C(CN)c1ccccc1F. The van der Waals surface area contributed by atoms with Crippen LogP contribution in [0.4, 0.5) is 4.39 Å². The molecule has 1 unspecified atom stereocenters. The molecular weight excluding hydrogens is 179 g/mol. The molecule has 1 rings (SSSR count). The van der Waals surface area contributed by atoms with Gasteiger partial charge >= 0.3 is 0 Å². The van der Waals surface area contributed by atoms with Gasteiger partial charge in [0, 0.05) is 18.2 Å². The molecule has 0 aliphatic carbocycles. The summed E-state index contributed by atoms with van der Waals surface area (Å²) in [7, 11) is 1.95. The van der Waals surface area contributed by atoms with Crippen molar-refractivity contribution in [1.29, 1.82) is 0 Å². The zero-order chi connectivity index (χ0) is 10.6. The van der Waals surface area contributed by atoms with E-state index >= 15 is 0 Å². The quantitative estimate of drug-likeness (QED) is 0.795. The first-order valence-corrected chi connectivity index (χ1v) is 4.85. The minimum absolute atomic E-state index is 0.0267. The number of benzene rings is 1. The van der Waals surface area contributed by atoms with Crippen LogP contribution in [0.3, 0.4) is 0 Å². The van der Waals surface area contributed by atoms with Crippen LogP contribution in [0.25, 0.3) is 0 Å². The highest BCUT2D eigenvalue weighted by molar-refractivity contribution is 5.21. The van der Waals surface area contributed by atoms with Crippen molar-refractivity contribution in [2.24, 2.45) is 5.73 Å². The average molecular weight is 196 g/mol. The lowest BCUT2D eigenvalue weighted by Crippen LogP contribution is -2.30. The zero-order valence-electron chi connectivity index (χ0n) is 8.70. The summed E-state index contributed by atoms with van der Waals surface area (Å²) < 4.78 is 13.4. The maximum Gasteiger partial charge on any atom is 0.128 e. The molecular formula is C11H17FN2. The largest absolute Gasteiger partial charge is 0.329 e. The predicted molar refractivity (Wildman–Crippen MR) is 56.5 cm³/mol. The molecule has 1 aromatic rings. The van der Waals surface area contributed by atoms with Crippen LogP contribution in [0.15, 0.2) is 24.3 Å². The van der Waals surface area contributed by atoms with Crippen LogP contribution in [-0.4, -0.2) is 25.0 Å². The molecule has 2 N–H and O–H groups in total. The van der Waals surface area contributed by atoms with Crippen molar-refractivity contribution in [3.8, 4) is 0 Å². The van der Waals surface area contributed by atoms with Gasteiger partial charge in [-0.05, 0) is 19.7 Å². The Bertz CT molecular complexity index is 288. The van der Waals surface area contributed by atoms with Crippen LogP contribution in [0.5, 0.6) is 0 Å². The molecule has 0 bridgehead atoms. The number of hydrogen-bond acceptors (Lipinski definition) is 2. The van der Waals surface area contributed by atoms with Gasteiger partial charge in [-0.3, -0.25) is 4.90 Å². The van der Waals surface area contributed by atoms with Gasteiger partial charge in [0.05, 0.1) is 0 Å². The summed E-state index contributed by atoms with van der Waals surface area (Å²) >= 11 is 0. The van der Waals surface area contributed by atoms with Gasteiger partial charge in [-0.15, -0.1) is 0 Å². The van der Waals surface area contributed by atoms with Crippen molar-refractivity contribution >= 4 is 0 Å². The van der Waals surface area contributed by atoms with E-state index in [1.807, 2.05) is 24.9 Å². The Labute approximate surface area is 84.5 Å². The molecule has 0 spiro atoms. The molecule has 78 valence electrons. The molecule has 0 heterocycles. The van der Waals surface area contributed by atoms with Gasteiger partial charge in [-0.2, -0.15) is 0 Å². The fraction of sp³-hybridized carbons (Fsp3) is 0.455. The van der Waals surface area contributed by atoms with Gasteiger partial charge < -0.3 is 5.73 Å². The van der Waals surface area contributed by atoms with Crippen LogP contribution in [0.1, 0.15) is 18.5 Å². The third-order valence-electron chi connectivity index (χ3n) is 2.52. The highest BCUT2D eigenvalue weighted by Gasteiger charge is 2.16. The lowest BCUT2D eigenvalue weighted by molar-refractivity contribution is 0.258. The molecule has 0 saturated carbocycles. The Morgan fingerprint density at radius 3 is 2.57 bits per heavy atom. The van der Waals surface area contributed by atoms with Gasteiger partial charge in [0.2, 0.25) is 0 Å². The number of likely N-dealkylation sites (N-methyl/N-ethyl adjacent to an activating group) is 1. The molecule has 1 atom stereocenters. The summed E-state index contributed by atoms with van der Waals surface area (Å²) in [5.41, 5.74) is 6.32. The number of hydrogen-bond donors (Lipinski definition) is 1. The highest BCUT2D eigenvalue weighted by Crippen LogP contribution is 2.20. The van der Waals surface area contributed by atoms with E-state index < -0.39 is 0 Å². The van der Waals surface area contributed by atoms with E-state index in [4.69, 9.17) is 5.73 Å². The Hall–Kier alpha value is -0.930. The van der Waals surface area contributed by atoms with E-state index in [9.17, 15) is 4.39 Å². The number of nitrogens with two attached hydrogens (primary N) is 1. The lowest BCUT2D eigenvalue weighted by atomic mass is 10.1. The number of nitrogens with zero attached hydrogens (tertiary/aromatic N) is 1. The van der Waals surface area contributed by atoms with Crippen LogP contribution >= 0.6 is 0 Å². The summed E-state index contributed by atoms with van der Waals surface area (Å²) in [5.74, 6) is -0.178. The third-order valence-corrected chi connectivity index (χ3v) is 2.52. The smallest absolute Gasteiger partial charge is 0.128 e. The van der Waals surface area contributed by atoms with Gasteiger partial charge in [-0.1, -0.05) is 25.1 Å². The fourth-order valence-electron chi connectivity index (χ4n) is 1.51. The molecule has 0 aliphatic rings. The van der Waals surface area contributed by atoms with Gasteiger partial charge in [0.1, 0.15) is 5.82 Å². The van der Waals surface area contributed by atoms with Crippen molar-refractivity contribution in [2.45, 2.75) is 13.0 Å². The molecule has 0 radical (unpaired) electrons. The average Bonchev–Trinajstić information content (AvgIpc) is 2.21. The molecule has 14 heavy (non-hydrogen) atoms. The van der Waals surface area contributed by atoms with Crippen LogP contribution in [0.2, 0.25) is 0 Å². The van der Waals surface area contributed by atoms with Gasteiger partial charge in [0.15, 0.2) is 0 Å². The standard InChI is InChI=1S/C11H17FN2/c1-3-14(2)11(8-13)9-6-4-5-7-10(9)12/h4-7,11H,3,8,13H2,1-2H3. The van der Waals surface area contributed by atoms with Crippen LogP contribution in [0, 0.1) is 5.82 Å². The first-order chi connectivity index (χ1) is 6.70. The summed E-state index contributed by atoms with van der Waals surface area (Å²) in [6.07, 6.45) is 0. The maximum atomic E-state index is 13.4. The van der Waals surface area contributed by atoms with Crippen molar-refractivity contribution in [3.05, 3.63) is 35.6 Å². The Balaban J connectivity index is 2.94. The van der Waals surface area contributed by atoms with Crippen LogP contribution < -0.4 is 5.73 Å². The molecule has 0 aromatic heterocycles. The Morgan fingerprint density at radius 1 is 1.43 bits per heavy atom. The number of halogens is 1. The zero-order valence-corrected chi connectivity index (χ0v) is 8.70.